The first-order valence-electron chi connectivity index (χ1n) is 6.85. The second-order valence-electron chi connectivity index (χ2n) is 5.66. The number of hydrogen-bond donors (Lipinski definition) is 1. The molecule has 1 aliphatic carbocycles. The van der Waals surface area contributed by atoms with E-state index in [0.717, 1.165) is 12.8 Å². The molecule has 0 bridgehead atoms. The van der Waals surface area contributed by atoms with E-state index in [0.29, 0.717) is 24.4 Å². The number of carboxylic acids is 1. The Bertz CT molecular complexity index is 453. The van der Waals surface area contributed by atoms with Crippen LogP contribution in [0.25, 0.3) is 0 Å². The van der Waals surface area contributed by atoms with E-state index < -0.39 is 11.9 Å². The second-order valence-corrected chi connectivity index (χ2v) is 5.66. The zero-order chi connectivity index (χ0) is 13.6. The number of carboxylic acid groups (broad SMARTS) is 1. The molecular formula is C14H18O5. The van der Waals surface area contributed by atoms with Crippen LogP contribution in [0.15, 0.2) is 11.3 Å². The van der Waals surface area contributed by atoms with E-state index in [1.165, 1.54) is 0 Å². The Kier molecular flexibility index (Phi) is 3.09. The van der Waals surface area contributed by atoms with Gasteiger partial charge in [-0.05, 0) is 18.8 Å². The third-order valence-electron chi connectivity index (χ3n) is 4.48. The van der Waals surface area contributed by atoms with Crippen molar-refractivity contribution in [3.8, 4) is 0 Å². The van der Waals surface area contributed by atoms with Gasteiger partial charge in [-0.2, -0.15) is 0 Å². The fourth-order valence-electron chi connectivity index (χ4n) is 3.43. The summed E-state index contributed by atoms with van der Waals surface area (Å²) in [4.78, 5) is 23.3. The maximum absolute atomic E-state index is 12.2. The van der Waals surface area contributed by atoms with Crippen LogP contribution in [0.3, 0.4) is 0 Å². The van der Waals surface area contributed by atoms with E-state index in [4.69, 9.17) is 14.6 Å². The van der Waals surface area contributed by atoms with Gasteiger partial charge in [0.05, 0.1) is 12.5 Å². The largest absolute Gasteiger partial charge is 0.481 e. The van der Waals surface area contributed by atoms with Crippen molar-refractivity contribution in [3.05, 3.63) is 11.3 Å². The quantitative estimate of drug-likeness (QED) is 0.782. The van der Waals surface area contributed by atoms with Gasteiger partial charge < -0.3 is 14.6 Å². The highest BCUT2D eigenvalue weighted by atomic mass is 16.7. The zero-order valence-electron chi connectivity index (χ0n) is 10.9. The van der Waals surface area contributed by atoms with Crippen LogP contribution in [0.5, 0.6) is 0 Å². The van der Waals surface area contributed by atoms with Gasteiger partial charge in [-0.15, -0.1) is 0 Å². The van der Waals surface area contributed by atoms with Gasteiger partial charge in [-0.25, -0.2) is 0 Å². The Morgan fingerprint density at radius 2 is 2.16 bits per heavy atom. The Balaban J connectivity index is 1.91. The van der Waals surface area contributed by atoms with Gasteiger partial charge in [-0.1, -0.05) is 6.92 Å². The number of hydrogen-bond acceptors (Lipinski definition) is 4. The first-order chi connectivity index (χ1) is 9.08. The molecule has 0 aromatic rings. The molecule has 104 valence electrons. The smallest absolute Gasteiger partial charge is 0.307 e. The minimum atomic E-state index is -0.928. The minimum Gasteiger partial charge on any atom is -0.481 e. The van der Waals surface area contributed by atoms with Gasteiger partial charge in [-0.3, -0.25) is 9.59 Å². The number of ketones is 1. The molecule has 19 heavy (non-hydrogen) atoms. The molecule has 1 fully saturated rings. The van der Waals surface area contributed by atoms with Gasteiger partial charge >= 0.3 is 5.97 Å². The molecule has 5 nitrogen and oxygen atoms in total. The first kappa shape index (κ1) is 12.7. The molecule has 0 spiro atoms. The summed E-state index contributed by atoms with van der Waals surface area (Å²) in [6.07, 6.45) is 2.10. The Hall–Kier alpha value is -1.36. The van der Waals surface area contributed by atoms with Gasteiger partial charge in [0.25, 0.3) is 0 Å². The molecule has 3 aliphatic rings. The standard InChI is InChI=1S/C14H18O5/c1-7-9-3-2-4-18-14(9)19-11-6-8(13(16)17)5-10(15)12(7)11/h7-9,14H,2-6H2,1H3,(H,16,17). The lowest BCUT2D eigenvalue weighted by atomic mass is 9.74. The van der Waals surface area contributed by atoms with Crippen LogP contribution in [0.2, 0.25) is 0 Å². The van der Waals surface area contributed by atoms with Crippen molar-refractivity contribution in [1.29, 1.82) is 0 Å². The molecule has 0 aromatic carbocycles. The lowest BCUT2D eigenvalue weighted by molar-refractivity contribution is -0.195. The number of carbonyl (C=O) groups excluding carboxylic acids is 1. The van der Waals surface area contributed by atoms with E-state index in [2.05, 4.69) is 0 Å². The predicted molar refractivity (Wildman–Crippen MR) is 65.1 cm³/mol. The second kappa shape index (κ2) is 4.63. The van der Waals surface area contributed by atoms with Crippen molar-refractivity contribution < 1.29 is 24.2 Å². The Morgan fingerprint density at radius 1 is 1.37 bits per heavy atom. The van der Waals surface area contributed by atoms with Crippen molar-refractivity contribution in [2.75, 3.05) is 6.61 Å². The minimum absolute atomic E-state index is 0.0647. The highest BCUT2D eigenvalue weighted by Crippen LogP contribution is 2.44. The molecule has 1 N–H and O–H groups in total. The predicted octanol–water partition coefficient (Wildman–Crippen LogP) is 1.72. The van der Waals surface area contributed by atoms with Crippen molar-refractivity contribution in [2.45, 2.75) is 38.9 Å². The Labute approximate surface area is 111 Å². The van der Waals surface area contributed by atoms with Gasteiger partial charge in [0.1, 0.15) is 5.76 Å². The number of Topliss-reactive ketones (excluding diaryl/α,β-unsaturated/α-hetero) is 1. The number of fused-ring (bicyclic) bond motifs is 1. The van der Waals surface area contributed by atoms with Crippen LogP contribution in [0.1, 0.15) is 32.6 Å². The lowest BCUT2D eigenvalue weighted by Crippen LogP contribution is -2.44. The van der Waals surface area contributed by atoms with E-state index in [1.807, 2.05) is 6.92 Å². The maximum atomic E-state index is 12.2. The number of carbonyl (C=O) groups is 2. The van der Waals surface area contributed by atoms with E-state index in [9.17, 15) is 9.59 Å². The summed E-state index contributed by atoms with van der Waals surface area (Å²) in [5, 5.41) is 9.08. The molecule has 3 rings (SSSR count). The lowest BCUT2D eigenvalue weighted by Gasteiger charge is -2.43. The molecule has 4 atom stereocenters. The molecule has 1 saturated heterocycles. The maximum Gasteiger partial charge on any atom is 0.307 e. The van der Waals surface area contributed by atoms with Crippen LogP contribution >= 0.6 is 0 Å². The topological polar surface area (TPSA) is 72.8 Å². The van der Waals surface area contributed by atoms with Crippen molar-refractivity contribution in [2.24, 2.45) is 17.8 Å². The van der Waals surface area contributed by atoms with Crippen LogP contribution < -0.4 is 0 Å². The molecule has 0 radical (unpaired) electrons. The number of aliphatic carboxylic acids is 1. The third-order valence-corrected chi connectivity index (χ3v) is 4.48. The highest BCUT2D eigenvalue weighted by molar-refractivity contribution is 5.99. The number of ether oxygens (including phenoxy) is 2. The number of allylic oxidation sites excluding steroid dienone is 2. The average molecular weight is 266 g/mol. The van der Waals surface area contributed by atoms with E-state index in [1.54, 1.807) is 0 Å². The summed E-state index contributed by atoms with van der Waals surface area (Å²) in [5.41, 5.74) is 0.712. The van der Waals surface area contributed by atoms with Crippen LogP contribution in [0, 0.1) is 17.8 Å². The fourth-order valence-corrected chi connectivity index (χ4v) is 3.43. The molecule has 0 amide bonds. The third kappa shape index (κ3) is 2.06. The van der Waals surface area contributed by atoms with Crippen molar-refractivity contribution >= 4 is 11.8 Å². The zero-order valence-corrected chi connectivity index (χ0v) is 10.9. The molecule has 5 heteroatoms. The van der Waals surface area contributed by atoms with Gasteiger partial charge in [0.15, 0.2) is 5.78 Å². The molecular weight excluding hydrogens is 248 g/mol. The monoisotopic (exact) mass is 266 g/mol. The van der Waals surface area contributed by atoms with E-state index >= 15 is 0 Å². The van der Waals surface area contributed by atoms with Gasteiger partial charge in [0.2, 0.25) is 6.29 Å². The molecule has 4 unspecified atom stereocenters. The van der Waals surface area contributed by atoms with Crippen molar-refractivity contribution in [1.82, 2.24) is 0 Å². The summed E-state index contributed by atoms with van der Waals surface area (Å²) >= 11 is 0. The summed E-state index contributed by atoms with van der Waals surface area (Å²) < 4.78 is 11.4. The summed E-state index contributed by atoms with van der Waals surface area (Å²) in [6.45, 7) is 2.70. The Morgan fingerprint density at radius 3 is 2.89 bits per heavy atom. The first-order valence-corrected chi connectivity index (χ1v) is 6.85. The summed E-state index contributed by atoms with van der Waals surface area (Å²) in [7, 11) is 0. The molecule has 0 saturated carbocycles. The average Bonchev–Trinajstić information content (AvgIpc) is 2.38. The van der Waals surface area contributed by atoms with Crippen LogP contribution in [0.4, 0.5) is 0 Å². The fraction of sp³-hybridized carbons (Fsp3) is 0.714. The van der Waals surface area contributed by atoms with Gasteiger partial charge in [0, 0.05) is 24.3 Å². The molecule has 2 aliphatic heterocycles. The van der Waals surface area contributed by atoms with Crippen LogP contribution in [-0.2, 0) is 19.1 Å². The summed E-state index contributed by atoms with van der Waals surface area (Å²) in [5.74, 6) is -0.764. The molecule has 2 heterocycles. The molecule has 0 aromatic heterocycles. The summed E-state index contributed by atoms with van der Waals surface area (Å²) in [6, 6.07) is 0. The highest BCUT2D eigenvalue weighted by Gasteiger charge is 2.45. The normalized spacial score (nSPS) is 38.3. The van der Waals surface area contributed by atoms with Crippen molar-refractivity contribution in [3.63, 3.8) is 0 Å². The van der Waals surface area contributed by atoms with E-state index in [-0.39, 0.29) is 30.3 Å². The number of rotatable bonds is 1. The SMILES string of the molecule is CC1C2=C(CC(C(=O)O)CC2=O)OC2OCCCC21. The van der Waals surface area contributed by atoms with Crippen LogP contribution in [-0.4, -0.2) is 29.8 Å².